The summed E-state index contributed by atoms with van der Waals surface area (Å²) < 4.78 is 48.7. The zero-order chi connectivity index (χ0) is 20.7. The fourth-order valence-corrected chi connectivity index (χ4v) is 2.73. The van der Waals surface area contributed by atoms with E-state index >= 15 is 0 Å². The number of rotatable bonds is 8. The molecule has 2 aromatic rings. The van der Waals surface area contributed by atoms with Crippen LogP contribution in [0, 0.1) is 5.92 Å². The van der Waals surface area contributed by atoms with E-state index in [-0.39, 0.29) is 18.4 Å². The number of methoxy groups -OCH3 is 1. The number of amides is 1. The third-order valence-corrected chi connectivity index (χ3v) is 4.09. The van der Waals surface area contributed by atoms with Crippen molar-refractivity contribution in [3.63, 3.8) is 0 Å². The van der Waals surface area contributed by atoms with Crippen LogP contribution in [0.2, 0.25) is 0 Å². The molecule has 0 spiro atoms. The maximum Gasteiger partial charge on any atom is 0.416 e. The summed E-state index contributed by atoms with van der Waals surface area (Å²) in [6.07, 6.45) is -3.75. The molecule has 0 heterocycles. The Morgan fingerprint density at radius 2 is 1.75 bits per heavy atom. The van der Waals surface area contributed by atoms with Crippen molar-refractivity contribution in [2.45, 2.75) is 32.5 Å². The lowest BCUT2D eigenvalue weighted by molar-refractivity contribution is -0.137. The van der Waals surface area contributed by atoms with Gasteiger partial charge in [-0.15, -0.1) is 0 Å². The highest BCUT2D eigenvalue weighted by Crippen LogP contribution is 2.31. The van der Waals surface area contributed by atoms with E-state index in [1.807, 2.05) is 38.1 Å². The summed E-state index contributed by atoms with van der Waals surface area (Å²) in [6.45, 7) is 3.72. The Hall–Kier alpha value is -2.70. The van der Waals surface area contributed by atoms with Gasteiger partial charge in [0, 0.05) is 0 Å². The fraction of sp³-hybridized carbons (Fsp3) is 0.381. The van der Waals surface area contributed by atoms with E-state index in [1.54, 1.807) is 7.11 Å². The number of hydrogen-bond donors (Lipinski definition) is 1. The molecule has 1 amide bonds. The Kier molecular flexibility index (Phi) is 7.31. The van der Waals surface area contributed by atoms with Gasteiger partial charge in [0.1, 0.15) is 11.5 Å². The molecule has 2 aromatic carbocycles. The summed E-state index contributed by atoms with van der Waals surface area (Å²) >= 11 is 0. The van der Waals surface area contributed by atoms with Crippen LogP contribution in [-0.4, -0.2) is 19.6 Å². The number of ether oxygens (including phenoxy) is 2. The average molecular weight is 395 g/mol. The molecule has 0 saturated heterocycles. The highest BCUT2D eigenvalue weighted by atomic mass is 19.4. The molecule has 1 atom stereocenters. The van der Waals surface area contributed by atoms with Crippen molar-refractivity contribution in [1.82, 2.24) is 5.32 Å². The molecule has 0 aliphatic rings. The minimum atomic E-state index is -4.46. The lowest BCUT2D eigenvalue weighted by atomic mass is 9.97. The SMILES string of the molecule is COc1ccc([C@H](CC(C)C)NC(=O)COc2cccc(C(F)(F)F)c2)cc1. The van der Waals surface area contributed by atoms with Crippen molar-refractivity contribution in [3.05, 3.63) is 59.7 Å². The van der Waals surface area contributed by atoms with Gasteiger partial charge in [-0.3, -0.25) is 4.79 Å². The van der Waals surface area contributed by atoms with E-state index in [1.165, 1.54) is 12.1 Å². The number of alkyl halides is 3. The molecule has 4 nitrogen and oxygen atoms in total. The first-order chi connectivity index (χ1) is 13.2. The van der Waals surface area contributed by atoms with Crippen LogP contribution in [0.3, 0.4) is 0 Å². The van der Waals surface area contributed by atoms with Gasteiger partial charge in [-0.1, -0.05) is 32.0 Å². The Morgan fingerprint density at radius 3 is 2.32 bits per heavy atom. The first-order valence-electron chi connectivity index (χ1n) is 8.92. The molecule has 28 heavy (non-hydrogen) atoms. The summed E-state index contributed by atoms with van der Waals surface area (Å²) in [7, 11) is 1.58. The zero-order valence-electron chi connectivity index (χ0n) is 16.0. The molecular formula is C21H24F3NO3. The van der Waals surface area contributed by atoms with Crippen molar-refractivity contribution in [1.29, 1.82) is 0 Å². The Balaban J connectivity index is 2.01. The summed E-state index contributed by atoms with van der Waals surface area (Å²) in [5.74, 6) is 0.636. The van der Waals surface area contributed by atoms with Crippen LogP contribution in [0.25, 0.3) is 0 Å². The summed E-state index contributed by atoms with van der Waals surface area (Å²) in [6, 6.07) is 11.6. The Labute approximate surface area is 162 Å². The molecule has 0 aliphatic carbocycles. The minimum Gasteiger partial charge on any atom is -0.497 e. The first-order valence-corrected chi connectivity index (χ1v) is 8.92. The average Bonchev–Trinajstić information content (AvgIpc) is 2.65. The molecule has 0 aliphatic heterocycles. The Bertz CT molecular complexity index is 773. The van der Waals surface area contributed by atoms with E-state index < -0.39 is 17.6 Å². The number of carbonyl (C=O) groups excluding carboxylic acids is 1. The second kappa shape index (κ2) is 9.48. The van der Waals surface area contributed by atoms with Gasteiger partial charge in [0.25, 0.3) is 5.91 Å². The van der Waals surface area contributed by atoms with Crippen LogP contribution < -0.4 is 14.8 Å². The largest absolute Gasteiger partial charge is 0.497 e. The normalized spacial score (nSPS) is 12.5. The van der Waals surface area contributed by atoms with E-state index in [0.29, 0.717) is 18.1 Å². The van der Waals surface area contributed by atoms with Crippen molar-refractivity contribution in [3.8, 4) is 11.5 Å². The van der Waals surface area contributed by atoms with Crippen molar-refractivity contribution < 1.29 is 27.4 Å². The lowest BCUT2D eigenvalue weighted by Gasteiger charge is -2.21. The Morgan fingerprint density at radius 1 is 1.07 bits per heavy atom. The molecule has 0 bridgehead atoms. The fourth-order valence-electron chi connectivity index (χ4n) is 2.73. The monoisotopic (exact) mass is 395 g/mol. The molecule has 0 radical (unpaired) electrons. The van der Waals surface area contributed by atoms with Crippen molar-refractivity contribution in [2.75, 3.05) is 13.7 Å². The molecule has 0 aromatic heterocycles. The number of carbonyl (C=O) groups is 1. The second-order valence-electron chi connectivity index (χ2n) is 6.84. The highest BCUT2D eigenvalue weighted by Gasteiger charge is 2.30. The minimum absolute atomic E-state index is 0.00479. The van der Waals surface area contributed by atoms with Crippen LogP contribution >= 0.6 is 0 Å². The van der Waals surface area contributed by atoms with E-state index in [4.69, 9.17) is 9.47 Å². The highest BCUT2D eigenvalue weighted by molar-refractivity contribution is 5.78. The summed E-state index contributed by atoms with van der Waals surface area (Å²) in [5.41, 5.74) is 0.100. The number of halogens is 3. The van der Waals surface area contributed by atoms with E-state index in [9.17, 15) is 18.0 Å². The number of nitrogens with one attached hydrogen (secondary N) is 1. The summed E-state index contributed by atoms with van der Waals surface area (Å²) in [5, 5.41) is 2.89. The van der Waals surface area contributed by atoms with Gasteiger partial charge in [0.15, 0.2) is 6.61 Å². The molecular weight excluding hydrogens is 371 g/mol. The second-order valence-corrected chi connectivity index (χ2v) is 6.84. The number of hydrogen-bond acceptors (Lipinski definition) is 3. The standard InChI is InChI=1S/C21H24F3NO3/c1-14(2)11-19(15-7-9-17(27-3)10-8-15)25-20(26)13-28-18-6-4-5-16(12-18)21(22,23)24/h4-10,12,14,19H,11,13H2,1-3H3,(H,25,26)/t19-/m0/s1. The zero-order valence-corrected chi connectivity index (χ0v) is 16.0. The van der Waals surface area contributed by atoms with Crippen LogP contribution in [0.4, 0.5) is 13.2 Å². The topological polar surface area (TPSA) is 47.6 Å². The maximum atomic E-state index is 12.8. The van der Waals surface area contributed by atoms with E-state index in [2.05, 4.69) is 5.32 Å². The van der Waals surface area contributed by atoms with Gasteiger partial charge in [0.2, 0.25) is 0 Å². The molecule has 7 heteroatoms. The number of benzene rings is 2. The third-order valence-electron chi connectivity index (χ3n) is 4.09. The smallest absolute Gasteiger partial charge is 0.416 e. The van der Waals surface area contributed by atoms with Crippen LogP contribution in [0.1, 0.15) is 37.4 Å². The first kappa shape index (κ1) is 21.6. The third kappa shape index (κ3) is 6.48. The van der Waals surface area contributed by atoms with Gasteiger partial charge in [-0.05, 0) is 48.2 Å². The molecule has 0 saturated carbocycles. The quantitative estimate of drug-likeness (QED) is 0.685. The van der Waals surface area contributed by atoms with Gasteiger partial charge in [-0.2, -0.15) is 13.2 Å². The van der Waals surface area contributed by atoms with Crippen LogP contribution in [-0.2, 0) is 11.0 Å². The van der Waals surface area contributed by atoms with E-state index in [0.717, 1.165) is 17.7 Å². The van der Waals surface area contributed by atoms with Crippen LogP contribution in [0.5, 0.6) is 11.5 Å². The molecule has 0 fully saturated rings. The molecule has 2 rings (SSSR count). The van der Waals surface area contributed by atoms with Gasteiger partial charge in [0.05, 0.1) is 18.7 Å². The molecule has 0 unspecified atom stereocenters. The predicted octanol–water partition coefficient (Wildman–Crippen LogP) is 5.00. The summed E-state index contributed by atoms with van der Waals surface area (Å²) in [4.78, 5) is 12.3. The lowest BCUT2D eigenvalue weighted by Crippen LogP contribution is -2.33. The van der Waals surface area contributed by atoms with Gasteiger partial charge < -0.3 is 14.8 Å². The van der Waals surface area contributed by atoms with Crippen molar-refractivity contribution in [2.24, 2.45) is 5.92 Å². The molecule has 152 valence electrons. The van der Waals surface area contributed by atoms with Crippen LogP contribution in [0.15, 0.2) is 48.5 Å². The van der Waals surface area contributed by atoms with Gasteiger partial charge >= 0.3 is 6.18 Å². The van der Waals surface area contributed by atoms with Gasteiger partial charge in [-0.25, -0.2) is 0 Å². The maximum absolute atomic E-state index is 12.8. The molecule has 1 N–H and O–H groups in total. The predicted molar refractivity (Wildman–Crippen MR) is 100 cm³/mol. The van der Waals surface area contributed by atoms with Crippen molar-refractivity contribution >= 4 is 5.91 Å².